The van der Waals surface area contributed by atoms with Gasteiger partial charge in [0.05, 0.1) is 27.1 Å². The third-order valence-electron chi connectivity index (χ3n) is 15.5. The van der Waals surface area contributed by atoms with Crippen molar-refractivity contribution in [1.82, 2.24) is 19.6 Å². The lowest BCUT2D eigenvalue weighted by molar-refractivity contribution is -0.181. The van der Waals surface area contributed by atoms with E-state index in [1.54, 1.807) is 21.1 Å². The minimum atomic E-state index is -0.571. The lowest BCUT2D eigenvalue weighted by atomic mass is 9.52. The maximum atomic E-state index is 12.1. The quantitative estimate of drug-likeness (QED) is 0.249. The standard InChI is InChI=1S/C12H21NO2.C11H21NO.C10H17NO2.C9H15NO2/c1-10(2)8(14)13(7)9(15)11(3,4)12(10,5)6;1-9(2)8(13)12(7)11(5,6)10(9,3)4;1-9(2)6-10(3,4)8(13)11(5)7(9)12;1-8(2)6(11)10(5)7(12)9(8,3)4/h1-7H3;1-7H3;6H2,1-5H3;1-5H3. The molecule has 4 aliphatic heterocycles. The summed E-state index contributed by atoms with van der Waals surface area (Å²) in [5.41, 5.74) is -3.65. The molecule has 0 aromatic carbocycles. The molecule has 53 heavy (non-hydrogen) atoms. The van der Waals surface area contributed by atoms with E-state index in [-0.39, 0.29) is 63.1 Å². The van der Waals surface area contributed by atoms with Crippen molar-refractivity contribution in [3.05, 3.63) is 0 Å². The van der Waals surface area contributed by atoms with Gasteiger partial charge in [0.1, 0.15) is 0 Å². The van der Waals surface area contributed by atoms with Crippen LogP contribution < -0.4 is 0 Å². The molecular formula is C42H74N4O7. The molecule has 0 aromatic heterocycles. The molecule has 11 heteroatoms. The van der Waals surface area contributed by atoms with Crippen LogP contribution in [-0.2, 0) is 33.6 Å². The molecule has 0 saturated carbocycles. The predicted octanol–water partition coefficient (Wildman–Crippen LogP) is 6.82. The van der Waals surface area contributed by atoms with E-state index in [1.165, 1.54) is 14.7 Å². The Kier molecular flexibility index (Phi) is 12.3. The summed E-state index contributed by atoms with van der Waals surface area (Å²) in [6.45, 7) is 39.2. The first kappa shape index (κ1) is 47.9. The van der Waals surface area contributed by atoms with E-state index < -0.39 is 32.5 Å². The van der Waals surface area contributed by atoms with Crippen LogP contribution in [0.1, 0.15) is 145 Å². The number of hydrogen-bond acceptors (Lipinski definition) is 7. The highest BCUT2D eigenvalue weighted by Crippen LogP contribution is 2.57. The maximum absolute atomic E-state index is 12.1. The predicted molar refractivity (Wildman–Crippen MR) is 209 cm³/mol. The highest BCUT2D eigenvalue weighted by atomic mass is 16.2. The lowest BCUT2D eigenvalue weighted by Gasteiger charge is -2.55. The third-order valence-corrected chi connectivity index (χ3v) is 15.5. The van der Waals surface area contributed by atoms with Crippen LogP contribution in [0.3, 0.4) is 0 Å². The molecule has 4 rings (SSSR count). The van der Waals surface area contributed by atoms with Gasteiger partial charge in [-0.3, -0.25) is 48.3 Å². The second kappa shape index (κ2) is 13.6. The van der Waals surface area contributed by atoms with E-state index in [4.69, 9.17) is 0 Å². The summed E-state index contributed by atoms with van der Waals surface area (Å²) in [5.74, 6) is -0.236. The average molecular weight is 747 g/mol. The molecule has 4 saturated heterocycles. The summed E-state index contributed by atoms with van der Waals surface area (Å²) in [6, 6.07) is 0. The van der Waals surface area contributed by atoms with E-state index >= 15 is 0 Å². The largest absolute Gasteiger partial charge is 0.340 e. The molecule has 0 radical (unpaired) electrons. The van der Waals surface area contributed by atoms with Crippen LogP contribution in [-0.4, -0.2) is 94.7 Å². The van der Waals surface area contributed by atoms with Crippen molar-refractivity contribution in [2.45, 2.75) is 150 Å². The van der Waals surface area contributed by atoms with Gasteiger partial charge in [-0.05, 0) is 53.4 Å². The van der Waals surface area contributed by atoms with E-state index in [0.29, 0.717) is 6.42 Å². The number of hydrogen-bond donors (Lipinski definition) is 0. The zero-order chi connectivity index (χ0) is 43.1. The fraction of sp³-hybridized carbons (Fsp3) is 0.833. The van der Waals surface area contributed by atoms with Gasteiger partial charge >= 0.3 is 0 Å². The number of amides is 7. The summed E-state index contributed by atoms with van der Waals surface area (Å²) in [7, 11) is 6.58. The number of nitrogens with zero attached hydrogens (tertiary/aromatic N) is 4. The zero-order valence-electron chi connectivity index (χ0n) is 37.9. The highest BCUT2D eigenvalue weighted by Gasteiger charge is 2.63. The Morgan fingerprint density at radius 1 is 0.321 bits per heavy atom. The second-order valence-electron chi connectivity index (χ2n) is 21.3. The van der Waals surface area contributed by atoms with E-state index in [9.17, 15) is 33.6 Å². The first-order valence-electron chi connectivity index (χ1n) is 18.7. The van der Waals surface area contributed by atoms with Crippen molar-refractivity contribution >= 4 is 41.4 Å². The second-order valence-corrected chi connectivity index (χ2v) is 21.3. The summed E-state index contributed by atoms with van der Waals surface area (Å²) < 4.78 is 0. The molecule has 0 unspecified atom stereocenters. The number of imide groups is 3. The highest BCUT2D eigenvalue weighted by molar-refractivity contribution is 6.08. The Bertz CT molecular complexity index is 1470. The molecule has 7 amide bonds. The van der Waals surface area contributed by atoms with Gasteiger partial charge < -0.3 is 4.90 Å². The van der Waals surface area contributed by atoms with Gasteiger partial charge in [0.15, 0.2) is 0 Å². The number of rotatable bonds is 0. The van der Waals surface area contributed by atoms with Gasteiger partial charge in [-0.25, -0.2) is 0 Å². The number of carbonyl (C=O) groups excluding carboxylic acids is 7. The zero-order valence-corrected chi connectivity index (χ0v) is 37.9. The summed E-state index contributed by atoms with van der Waals surface area (Å²) in [6.07, 6.45) is 0.627. The Hall–Kier alpha value is -3.11. The molecule has 4 aliphatic rings. The summed E-state index contributed by atoms with van der Waals surface area (Å²) >= 11 is 0. The van der Waals surface area contributed by atoms with E-state index in [1.807, 2.05) is 123 Å². The third kappa shape index (κ3) is 7.00. The van der Waals surface area contributed by atoms with Gasteiger partial charge in [0.2, 0.25) is 41.4 Å². The smallest absolute Gasteiger partial charge is 0.235 e. The van der Waals surface area contributed by atoms with Crippen molar-refractivity contribution < 1.29 is 33.6 Å². The fourth-order valence-electron chi connectivity index (χ4n) is 8.09. The first-order chi connectivity index (χ1) is 23.0. The number of carbonyl (C=O) groups is 7. The maximum Gasteiger partial charge on any atom is 0.235 e. The molecule has 0 atom stereocenters. The van der Waals surface area contributed by atoms with Crippen molar-refractivity contribution in [2.75, 3.05) is 28.2 Å². The Labute approximate surface area is 321 Å². The molecule has 0 spiro atoms. The minimum absolute atomic E-state index is 0.00579. The van der Waals surface area contributed by atoms with E-state index in [0.717, 1.165) is 0 Å². The SMILES string of the molecule is CN1C(=O)C(C)(C)C(C)(C)C(C)(C)C1=O.CN1C(=O)C(C)(C)C(C)(C)C1(C)C.CN1C(=O)C(C)(C)C(C)(C)C1=O.CN1C(=O)C(C)(C)CC(C)(C)C1=O. The summed E-state index contributed by atoms with van der Waals surface area (Å²) in [4.78, 5) is 88.2. The minimum Gasteiger partial charge on any atom is -0.340 e. The Morgan fingerprint density at radius 3 is 0.736 bits per heavy atom. The molecular weight excluding hydrogens is 672 g/mol. The van der Waals surface area contributed by atoms with Crippen molar-refractivity contribution in [3.8, 4) is 0 Å². The van der Waals surface area contributed by atoms with Crippen molar-refractivity contribution in [3.63, 3.8) is 0 Å². The van der Waals surface area contributed by atoms with Crippen LogP contribution in [0.4, 0.5) is 0 Å². The van der Waals surface area contributed by atoms with Crippen LogP contribution in [0.2, 0.25) is 0 Å². The van der Waals surface area contributed by atoms with Gasteiger partial charge in [-0.15, -0.1) is 0 Å². The molecule has 0 bridgehead atoms. The number of likely N-dealkylation sites (tertiary alicyclic amines) is 4. The van der Waals surface area contributed by atoms with Gasteiger partial charge in [-0.2, -0.15) is 0 Å². The number of piperidine rings is 2. The fourth-order valence-corrected chi connectivity index (χ4v) is 8.09. The van der Waals surface area contributed by atoms with Crippen LogP contribution in [0, 0.1) is 48.7 Å². The molecule has 0 aliphatic carbocycles. The van der Waals surface area contributed by atoms with Crippen molar-refractivity contribution in [2.24, 2.45) is 48.7 Å². The molecule has 0 N–H and O–H groups in total. The Morgan fingerprint density at radius 2 is 0.547 bits per heavy atom. The lowest BCUT2D eigenvalue weighted by Crippen LogP contribution is -2.64. The normalized spacial score (nSPS) is 27.7. The van der Waals surface area contributed by atoms with Gasteiger partial charge in [0.25, 0.3) is 0 Å². The summed E-state index contributed by atoms with van der Waals surface area (Å²) in [5, 5.41) is 0. The van der Waals surface area contributed by atoms with Crippen LogP contribution in [0.25, 0.3) is 0 Å². The van der Waals surface area contributed by atoms with Gasteiger partial charge in [-0.1, -0.05) is 96.9 Å². The first-order valence-corrected chi connectivity index (χ1v) is 18.7. The van der Waals surface area contributed by atoms with Crippen LogP contribution in [0.5, 0.6) is 0 Å². The molecule has 4 heterocycles. The molecule has 0 aromatic rings. The average Bonchev–Trinajstić information content (AvgIpc) is 3.17. The van der Waals surface area contributed by atoms with Crippen molar-refractivity contribution in [1.29, 1.82) is 0 Å². The Balaban J connectivity index is 0.000000354. The van der Waals surface area contributed by atoms with E-state index in [2.05, 4.69) is 27.7 Å². The molecule has 304 valence electrons. The topological polar surface area (TPSA) is 132 Å². The van der Waals surface area contributed by atoms with Crippen LogP contribution >= 0.6 is 0 Å². The monoisotopic (exact) mass is 747 g/mol. The molecule has 4 fully saturated rings. The van der Waals surface area contributed by atoms with Gasteiger partial charge in [0, 0.05) is 50.0 Å². The molecule has 11 nitrogen and oxygen atoms in total. The van der Waals surface area contributed by atoms with Crippen LogP contribution in [0.15, 0.2) is 0 Å².